The molecule has 0 spiro atoms. The van der Waals surface area contributed by atoms with Crippen LogP contribution in [0.3, 0.4) is 0 Å². The van der Waals surface area contributed by atoms with E-state index in [1.54, 1.807) is 12.1 Å². The molecule has 6 nitrogen and oxygen atoms in total. The lowest BCUT2D eigenvalue weighted by molar-refractivity contribution is -0.667. The van der Waals surface area contributed by atoms with Crippen molar-refractivity contribution in [1.82, 2.24) is 0 Å². The first-order chi connectivity index (χ1) is 50.5. The first-order valence-corrected chi connectivity index (χ1v) is 34.3. The van der Waals surface area contributed by atoms with E-state index in [9.17, 15) is 0 Å². The summed E-state index contributed by atoms with van der Waals surface area (Å²) in [6.45, 7) is 31.2. The van der Waals surface area contributed by atoms with Crippen molar-refractivity contribution in [3.63, 3.8) is 0 Å². The molecule has 6 heteroatoms. The molecule has 0 aliphatic heterocycles. The fraction of sp³-hybridized carbons (Fsp3) is 0.290. The van der Waals surface area contributed by atoms with E-state index in [2.05, 4.69) is 246 Å². The lowest BCUT2D eigenvalue weighted by atomic mass is 9.96. The summed E-state index contributed by atoms with van der Waals surface area (Å²) in [5, 5.41) is 0. The smallest absolute Gasteiger partial charge is 0.201 e. The van der Waals surface area contributed by atoms with Gasteiger partial charge >= 0.3 is 0 Å². The molecule has 0 saturated carbocycles. The first kappa shape index (κ1) is 63.9. The van der Waals surface area contributed by atoms with E-state index >= 15 is 0 Å². The van der Waals surface area contributed by atoms with Gasteiger partial charge in [0.2, 0.25) is 34.2 Å². The predicted octanol–water partition coefficient (Wildman–Crippen LogP) is 19.5. The second-order valence-electron chi connectivity index (χ2n) is 26.8. The number of pyridine rings is 6. The number of nitrogens with zero attached hydrogens (tertiary/aromatic N) is 6. The maximum Gasteiger partial charge on any atom is 0.215 e. The molecule has 0 atom stereocenters. The van der Waals surface area contributed by atoms with Gasteiger partial charge in [0.1, 0.15) is 42.3 Å². The second kappa shape index (κ2) is 34.1. The Bertz CT molecular complexity index is 5230. The highest BCUT2D eigenvalue weighted by Crippen LogP contribution is 2.30. The Hall–Kier alpha value is -9.78. The molecular weight excluding hydrogens is 1200 g/mol. The van der Waals surface area contributed by atoms with Gasteiger partial charge in [0, 0.05) is 137 Å². The van der Waals surface area contributed by atoms with Crippen LogP contribution in [0.15, 0.2) is 201 Å². The van der Waals surface area contributed by atoms with Crippen LogP contribution in [0.1, 0.15) is 130 Å². The van der Waals surface area contributed by atoms with Crippen LogP contribution in [0.25, 0.3) is 67.5 Å². The zero-order chi connectivity index (χ0) is 80.4. The molecule has 0 aliphatic rings. The van der Waals surface area contributed by atoms with Crippen LogP contribution in [0.5, 0.6) is 0 Å². The lowest BCUT2D eigenvalue weighted by Crippen LogP contribution is -2.36. The fourth-order valence-electron chi connectivity index (χ4n) is 12.7. The minimum Gasteiger partial charge on any atom is -0.201 e. The number of rotatable bonds is 6. The van der Waals surface area contributed by atoms with Crippen LogP contribution in [0, 0.1) is 145 Å². The summed E-state index contributed by atoms with van der Waals surface area (Å²) in [6, 6.07) is 62.1. The van der Waals surface area contributed by atoms with Crippen molar-refractivity contribution in [2.75, 3.05) is 0 Å². The molecule has 6 aromatic heterocycles. The Morgan fingerprint density at radius 2 is 0.606 bits per heavy atom. The van der Waals surface area contributed by atoms with E-state index in [0.717, 1.165) is 67.4 Å². The van der Waals surface area contributed by atoms with Gasteiger partial charge in [0.15, 0.2) is 35.7 Å². The van der Waals surface area contributed by atoms with E-state index in [1.165, 1.54) is 101 Å². The van der Waals surface area contributed by atoms with Gasteiger partial charge in [-0.25, -0.2) is 13.7 Å². The zero-order valence-electron chi connectivity index (χ0n) is 72.7. The molecule has 0 bridgehead atoms. The van der Waals surface area contributed by atoms with Crippen LogP contribution in [0.4, 0.5) is 0 Å². The van der Waals surface area contributed by atoms with Crippen molar-refractivity contribution < 1.29 is 39.7 Å². The average molecular weight is 1330 g/mol. The Kier molecular flexibility index (Phi) is 22.0. The van der Waals surface area contributed by atoms with E-state index < -0.39 is 20.6 Å². The minimum absolute atomic E-state index is 0.426. The summed E-state index contributed by atoms with van der Waals surface area (Å²) >= 11 is 0. The molecule has 6 heterocycles. The second-order valence-corrected chi connectivity index (χ2v) is 26.8. The predicted molar refractivity (Wildman–Crippen MR) is 418 cm³/mol. The van der Waals surface area contributed by atoms with Crippen LogP contribution in [-0.2, 0) is 42.3 Å². The highest BCUT2D eigenvalue weighted by atomic mass is 15.0. The molecule has 99 heavy (non-hydrogen) atoms. The van der Waals surface area contributed by atoms with Gasteiger partial charge in [-0.15, -0.1) is 0 Å². The maximum atomic E-state index is 7.69. The topological polar surface area (TPSA) is 23.3 Å². The zero-order valence-corrected chi connectivity index (χ0v) is 63.7. The largest absolute Gasteiger partial charge is 0.215 e. The van der Waals surface area contributed by atoms with Crippen LogP contribution in [-0.4, -0.2) is 0 Å². The first-order valence-electron chi connectivity index (χ1n) is 38.8. The summed E-state index contributed by atoms with van der Waals surface area (Å²) in [4.78, 5) is 0. The van der Waals surface area contributed by atoms with Gasteiger partial charge < -0.3 is 0 Å². The van der Waals surface area contributed by atoms with Crippen LogP contribution in [0.2, 0.25) is 0 Å². The Morgan fingerprint density at radius 1 is 0.222 bits per heavy atom. The van der Waals surface area contributed by atoms with Gasteiger partial charge in [-0.3, -0.25) is 0 Å². The van der Waals surface area contributed by atoms with Crippen molar-refractivity contribution in [3.05, 3.63) is 318 Å². The van der Waals surface area contributed by atoms with Crippen molar-refractivity contribution in [2.24, 2.45) is 42.3 Å². The lowest BCUT2D eigenvalue weighted by Gasteiger charge is -2.10. The number of hydrogen-bond acceptors (Lipinski definition) is 0. The van der Waals surface area contributed by atoms with E-state index in [0.29, 0.717) is 16.7 Å². The third kappa shape index (κ3) is 18.1. The number of aryl methyl sites for hydroxylation is 14. The molecule has 0 radical (unpaired) electrons. The van der Waals surface area contributed by atoms with Gasteiger partial charge in [-0.2, -0.15) is 13.7 Å². The SMILES string of the molecule is Cc1cc(C)c(C)c(-c2cccc[n+]2C)c1.Cc1ccc(-c2cccc[n+]2C)c(C)c1C.Cc1ccccc1-c1cc(C)c(C)c(C)[n+]1C.[2H]C([2H])([2H])c1c(C)cc(-c2ccccc2C)[n+](C)c1C.[2H]C([2H])([2H])c1cc(C)c(-c2ccccc2C)[n+](C)c1C.[2H]C([2H])([2H])c1ccc(-c2cccc[n+]2C)c(C)c1C. The monoisotopic (exact) mass is 1320 g/mol. The molecule has 0 amide bonds. The fourth-order valence-corrected chi connectivity index (χ4v) is 12.7. The van der Waals surface area contributed by atoms with E-state index in [1.807, 2.05) is 137 Å². The molecule has 0 N–H and O–H groups in total. The standard InChI is InChI=1S/3C16H20N.3C15H18N/c2*1-11-8-6-7-9-15(11)16-10-12(2)13(3)14(4)17(16)5;1-11-8-6-7-9-15(11)16-13(3)10-12(2)14(4)17(16)5;2*1-11-8-9-14(13(3)12(11)2)15-7-5-6-10-16(15)4;1-11-9-12(2)13(3)14(10-11)15-7-5-6-8-16(15)4/h3*6-10H,1-5H3;3*5-10H,1-4H3/q6*+1/i3D3;;2D3;1D3;;. The molecule has 12 aromatic rings. The summed E-state index contributed by atoms with van der Waals surface area (Å²) in [7, 11) is 12.2. The molecule has 0 unspecified atom stereocenters. The average Bonchev–Trinajstić information content (AvgIpc) is 0.747. The maximum absolute atomic E-state index is 7.69. The quantitative estimate of drug-likeness (QED) is 0.148. The highest BCUT2D eigenvalue weighted by Gasteiger charge is 2.22. The molecule has 6 aromatic carbocycles. The van der Waals surface area contributed by atoms with Crippen molar-refractivity contribution in [1.29, 1.82) is 0 Å². The van der Waals surface area contributed by atoms with Gasteiger partial charge in [0.25, 0.3) is 0 Å². The van der Waals surface area contributed by atoms with Gasteiger partial charge in [-0.1, -0.05) is 78.4 Å². The Balaban J connectivity index is 0.000000181. The molecular formula is C93H114N6+6. The summed E-state index contributed by atoms with van der Waals surface area (Å²) in [6.07, 6.45) is 6.16. The summed E-state index contributed by atoms with van der Waals surface area (Å²) < 4.78 is 81.3. The van der Waals surface area contributed by atoms with E-state index in [4.69, 9.17) is 12.3 Å². The minimum atomic E-state index is -2.07. The van der Waals surface area contributed by atoms with Crippen molar-refractivity contribution >= 4 is 0 Å². The molecule has 12 rings (SSSR count). The molecule has 510 valence electrons. The van der Waals surface area contributed by atoms with Crippen LogP contribution >= 0.6 is 0 Å². The van der Waals surface area contributed by atoms with Crippen LogP contribution < -0.4 is 27.4 Å². The number of benzene rings is 6. The molecule has 0 fully saturated rings. The molecule has 0 aliphatic carbocycles. The Morgan fingerprint density at radius 3 is 1.04 bits per heavy atom. The van der Waals surface area contributed by atoms with Crippen molar-refractivity contribution in [3.8, 4) is 67.5 Å². The number of hydrogen-bond donors (Lipinski definition) is 0. The number of aromatic nitrogens is 6. The third-order valence-corrected chi connectivity index (χ3v) is 20.2. The molecule has 0 saturated heterocycles. The van der Waals surface area contributed by atoms with Gasteiger partial charge in [-0.05, 0) is 257 Å². The third-order valence-electron chi connectivity index (χ3n) is 20.2. The van der Waals surface area contributed by atoms with Crippen molar-refractivity contribution in [2.45, 2.75) is 145 Å². The Labute approximate surface area is 609 Å². The summed E-state index contributed by atoms with van der Waals surface area (Å²) in [5.74, 6) is 0. The summed E-state index contributed by atoms with van der Waals surface area (Å²) in [5.41, 5.74) is 36.9. The van der Waals surface area contributed by atoms with Gasteiger partial charge in [0.05, 0.1) is 0 Å². The van der Waals surface area contributed by atoms with E-state index in [-0.39, 0.29) is 0 Å². The normalized spacial score (nSPS) is 12.3. The highest BCUT2D eigenvalue weighted by molar-refractivity contribution is 5.68.